The number of aromatic nitrogens is 2. The molecule has 638 valence electrons. The smallest absolute Gasteiger partial charge is 0.408 e. The lowest BCUT2D eigenvalue weighted by molar-refractivity contribution is -0.153. The van der Waals surface area contributed by atoms with Gasteiger partial charge in [0.2, 0.25) is 23.6 Å². The molecule has 11 atom stereocenters. The third-order valence-electron chi connectivity index (χ3n) is 21.8. The van der Waals surface area contributed by atoms with E-state index >= 15 is 0 Å². The zero-order valence-electron chi connectivity index (χ0n) is 69.8. The van der Waals surface area contributed by atoms with Crippen LogP contribution in [-0.4, -0.2) is 210 Å². The number of benzene rings is 4. The van der Waals surface area contributed by atoms with E-state index in [4.69, 9.17) is 38.4 Å². The van der Waals surface area contributed by atoms with Gasteiger partial charge in [-0.1, -0.05) is 126 Å². The summed E-state index contributed by atoms with van der Waals surface area (Å²) in [5.41, 5.74) is -2.16. The van der Waals surface area contributed by atoms with E-state index in [1.165, 1.54) is 29.4 Å². The molecule has 0 bridgehead atoms. The number of nitrogens with zero attached hydrogens (tertiary/aromatic N) is 5. The number of fused-ring (bicyclic) bond motifs is 10. The van der Waals surface area contributed by atoms with Gasteiger partial charge < -0.3 is 58.9 Å². The third kappa shape index (κ3) is 26.1. The number of hydrogen-bond acceptors (Lipinski definition) is 22. The number of carbonyl (C=O) groups excluding carboxylic acids is 11. The first-order chi connectivity index (χ1) is 55.5. The highest BCUT2D eigenvalue weighted by Gasteiger charge is 2.64. The Labute approximate surface area is 698 Å². The first-order valence-corrected chi connectivity index (χ1v) is 43.7. The van der Waals surface area contributed by atoms with Gasteiger partial charge in [0.1, 0.15) is 41.3 Å². The molecular formula is C88H117Cl2N7O19S. The number of rotatable bonds is 14. The highest BCUT2D eigenvalue weighted by Crippen LogP contribution is 2.60. The SMILES string of the molecule is CCN(CC)CC.CCOC(=O)[C@]12CC(=O)[C@@H]3C[C@@H](Oc4nc5ccccc5c5ccccc45)CN3C(=O)[C@@H](NC(=O)OC(C)(C)C)CCCCCC(=O)C[C@@H]1C2.CCOC(=O)[C@]12CC(=O)[C@@H]3C[C@@H](Oc4nc5ccccc5c5ccccc45)CN3C(=O)[C@@H](NC(=O)OC(C)(C)C)CCCCCC(O)C[C@@H]1C2.CS(C)=O.O=C(Cl)C(=O)Cl. The van der Waals surface area contributed by atoms with Crippen LogP contribution in [0.15, 0.2) is 97.1 Å². The predicted molar refractivity (Wildman–Crippen MR) is 449 cm³/mol. The van der Waals surface area contributed by atoms with Crippen LogP contribution in [0.3, 0.4) is 0 Å². The number of pyridine rings is 2. The molecule has 6 heterocycles. The molecule has 4 amide bonds. The summed E-state index contributed by atoms with van der Waals surface area (Å²) in [6, 6.07) is 27.5. The molecule has 3 N–H and O–H groups in total. The van der Waals surface area contributed by atoms with Gasteiger partial charge in [-0.3, -0.25) is 47.4 Å². The van der Waals surface area contributed by atoms with Gasteiger partial charge in [-0.25, -0.2) is 19.6 Å². The van der Waals surface area contributed by atoms with Crippen molar-refractivity contribution in [3.63, 3.8) is 0 Å². The standard InChI is InChI=1S/C39H49N3O8.C39H47N3O8.C6H15N.C2Cl2O2.C2H6OS/c2*1-5-48-36(46)39-21-24(39)19-25(43)13-7-6-8-18-31(41-37(47)50-38(2,3)4)35(45)42-23-26(20-32(42)33(44)22-39)49-34-29-16-10-9-14-27(29)28-15-11-12-17-30(28)40-34;1-4-7(5-2)6-3;3-1(5)2(4)6;1-4(2)3/h9-12,14-17,24-26,31-32,43H,5-8,13,18-23H2,1-4H3,(H,41,47);9-12,14-17,24,26,31-32H,5-8,13,18-23H2,1-4H3,(H,41,47);4-6H2,1-3H3;;1-2H3/t24-,25?,26-,31+,32+,39-;24-,26-,31+,32+,39-;;;/m11.../s1. The van der Waals surface area contributed by atoms with E-state index in [0.29, 0.717) is 82.4 Å². The maximum absolute atomic E-state index is 14.5. The Morgan fingerprint density at radius 2 is 0.897 bits per heavy atom. The quantitative estimate of drug-likeness (QED) is 0.0300. The van der Waals surface area contributed by atoms with Crippen LogP contribution in [0, 0.1) is 22.7 Å². The van der Waals surface area contributed by atoms with Crippen LogP contribution in [0.2, 0.25) is 0 Å². The fourth-order valence-electron chi connectivity index (χ4n) is 16.0. The molecule has 6 aromatic rings. The van der Waals surface area contributed by atoms with Gasteiger partial charge in [-0.2, -0.15) is 0 Å². The Bertz CT molecular complexity index is 4530. The van der Waals surface area contributed by atoms with Gasteiger partial charge in [-0.15, -0.1) is 0 Å². The molecule has 4 aliphatic heterocycles. The number of para-hydroxylation sites is 2. The largest absolute Gasteiger partial charge is 0.472 e. The fourth-order valence-corrected chi connectivity index (χ4v) is 16.0. The Morgan fingerprint density at radius 3 is 1.28 bits per heavy atom. The predicted octanol–water partition coefficient (Wildman–Crippen LogP) is 13.8. The molecule has 2 aromatic heterocycles. The van der Waals surface area contributed by atoms with Crippen molar-refractivity contribution in [2.45, 2.75) is 245 Å². The lowest BCUT2D eigenvalue weighted by Gasteiger charge is -2.30. The summed E-state index contributed by atoms with van der Waals surface area (Å²) < 4.78 is 44.6. The molecule has 4 saturated heterocycles. The Balaban J connectivity index is 0.000000244. The summed E-state index contributed by atoms with van der Waals surface area (Å²) in [6.45, 7) is 24.6. The highest BCUT2D eigenvalue weighted by atomic mass is 35.5. The second-order valence-corrected chi connectivity index (χ2v) is 35.1. The molecule has 12 rings (SSSR count). The molecule has 6 fully saturated rings. The summed E-state index contributed by atoms with van der Waals surface area (Å²) in [4.78, 5) is 157. The van der Waals surface area contributed by atoms with E-state index in [9.17, 15) is 62.1 Å². The highest BCUT2D eigenvalue weighted by molar-refractivity contribution is 7.83. The third-order valence-corrected chi connectivity index (χ3v) is 22.3. The first-order valence-electron chi connectivity index (χ1n) is 40.9. The Morgan fingerprint density at radius 1 is 0.530 bits per heavy atom. The van der Waals surface area contributed by atoms with Gasteiger partial charge in [0.25, 0.3) is 0 Å². The van der Waals surface area contributed by atoms with Crippen LogP contribution in [0.5, 0.6) is 11.8 Å². The Hall–Kier alpha value is -8.76. The van der Waals surface area contributed by atoms with E-state index in [-0.39, 0.29) is 87.6 Å². The lowest BCUT2D eigenvalue weighted by atomic mass is 9.90. The Kier molecular flexibility index (Phi) is 34.3. The van der Waals surface area contributed by atoms with Crippen molar-refractivity contribution >= 4 is 141 Å². The monoisotopic (exact) mass is 1680 g/mol. The number of ketones is 3. The first kappa shape index (κ1) is 93.7. The van der Waals surface area contributed by atoms with Gasteiger partial charge in [0.15, 0.2) is 11.6 Å². The van der Waals surface area contributed by atoms with Gasteiger partial charge in [0.05, 0.1) is 66.4 Å². The number of aliphatic hydroxyl groups excluding tert-OH is 1. The summed E-state index contributed by atoms with van der Waals surface area (Å²) in [7, 11) is -0.611. The topological polar surface area (TPSA) is 340 Å². The van der Waals surface area contributed by atoms with Crippen molar-refractivity contribution in [1.82, 2.24) is 35.3 Å². The summed E-state index contributed by atoms with van der Waals surface area (Å²) in [6.07, 6.45) is 7.13. The molecule has 4 aromatic carbocycles. The molecule has 0 spiro atoms. The maximum atomic E-state index is 14.5. The van der Waals surface area contributed by atoms with Crippen molar-refractivity contribution in [3.05, 3.63) is 97.1 Å². The van der Waals surface area contributed by atoms with Crippen LogP contribution in [-0.2, 0) is 72.9 Å². The minimum atomic E-state index is -1.14. The minimum Gasteiger partial charge on any atom is -0.472 e. The molecule has 1 unspecified atom stereocenters. The normalized spacial score (nSPS) is 24.5. The minimum absolute atomic E-state index is 0.0501. The van der Waals surface area contributed by atoms with Crippen molar-refractivity contribution in [1.29, 1.82) is 0 Å². The lowest BCUT2D eigenvalue weighted by Crippen LogP contribution is -2.53. The van der Waals surface area contributed by atoms with E-state index < -0.39 is 122 Å². The van der Waals surface area contributed by atoms with Gasteiger partial charge >= 0.3 is 34.6 Å². The van der Waals surface area contributed by atoms with E-state index in [0.717, 1.165) is 56.2 Å². The molecule has 26 nitrogen and oxygen atoms in total. The number of hydrogen-bond donors (Lipinski definition) is 3. The van der Waals surface area contributed by atoms with Gasteiger partial charge in [-0.05, 0) is 190 Å². The van der Waals surface area contributed by atoms with Crippen molar-refractivity contribution < 1.29 is 90.5 Å². The number of nitrogens with one attached hydrogen (secondary N) is 2. The summed E-state index contributed by atoms with van der Waals surface area (Å²) in [5.74, 6) is -1.89. The number of amides is 4. The molecular weight excluding hydrogens is 1560 g/mol. The number of aliphatic hydroxyl groups is 1. The molecule has 117 heavy (non-hydrogen) atoms. The average Bonchev–Trinajstić information content (AvgIpc) is 1.58. The van der Waals surface area contributed by atoms with Crippen LogP contribution in [0.4, 0.5) is 9.59 Å². The molecule has 6 aliphatic rings. The summed E-state index contributed by atoms with van der Waals surface area (Å²) >= 11 is 8.98. The van der Waals surface area contributed by atoms with E-state index in [2.05, 4.69) is 59.5 Å². The van der Waals surface area contributed by atoms with Crippen molar-refractivity contribution in [2.24, 2.45) is 22.7 Å². The van der Waals surface area contributed by atoms with Crippen LogP contribution in [0.25, 0.3) is 43.4 Å². The number of halogens is 2. The number of Topliss-reactive ketones (excluding diaryl/α,β-unsaturated/α-hetero) is 3. The molecule has 2 saturated carbocycles. The van der Waals surface area contributed by atoms with Crippen LogP contribution in [0.1, 0.15) is 192 Å². The van der Waals surface area contributed by atoms with Crippen LogP contribution < -0.4 is 20.1 Å². The molecule has 0 radical (unpaired) electrons. The summed E-state index contributed by atoms with van der Waals surface area (Å²) in [5, 5.41) is 19.7. The van der Waals surface area contributed by atoms with Gasteiger partial charge in [0, 0.05) is 83.4 Å². The van der Waals surface area contributed by atoms with E-state index in [1.54, 1.807) is 67.9 Å². The molecule has 29 heteroatoms. The second kappa shape index (κ2) is 42.8. The zero-order valence-corrected chi connectivity index (χ0v) is 72.1. The second-order valence-electron chi connectivity index (χ2n) is 32.9. The maximum Gasteiger partial charge on any atom is 0.408 e. The van der Waals surface area contributed by atoms with Crippen molar-refractivity contribution in [2.75, 3.05) is 58.4 Å². The number of esters is 2. The fraction of sp³-hybridized carbons (Fsp3) is 0.580. The zero-order chi connectivity index (χ0) is 85.7. The number of carbonyl (C=O) groups is 11. The number of alkyl carbamates (subject to hydrolysis) is 2. The van der Waals surface area contributed by atoms with Crippen molar-refractivity contribution in [3.8, 4) is 11.8 Å². The average molecular weight is 1680 g/mol. The van der Waals surface area contributed by atoms with Crippen LogP contribution >= 0.6 is 23.2 Å². The number of ether oxygens (including phenoxy) is 6. The van der Waals surface area contributed by atoms with E-state index in [1.807, 2.05) is 97.1 Å². The molecule has 2 aliphatic carbocycles.